The summed E-state index contributed by atoms with van der Waals surface area (Å²) >= 11 is 4.14. The van der Waals surface area contributed by atoms with Gasteiger partial charge in [0.15, 0.2) is 11.5 Å². The van der Waals surface area contributed by atoms with E-state index < -0.39 is 0 Å². The first-order valence-electron chi connectivity index (χ1n) is 11.2. The van der Waals surface area contributed by atoms with Crippen molar-refractivity contribution in [1.29, 1.82) is 0 Å². The van der Waals surface area contributed by atoms with Crippen LogP contribution in [0.2, 0.25) is 0 Å². The monoisotopic (exact) mass is 504 g/mol. The van der Waals surface area contributed by atoms with Crippen molar-refractivity contribution < 1.29 is 19.4 Å². The summed E-state index contributed by atoms with van der Waals surface area (Å²) in [7, 11) is 3.90. The molecule has 1 aromatic carbocycles. The van der Waals surface area contributed by atoms with Crippen LogP contribution in [0.3, 0.4) is 0 Å². The van der Waals surface area contributed by atoms with Gasteiger partial charge < -0.3 is 24.8 Å². The summed E-state index contributed by atoms with van der Waals surface area (Å²) in [5, 5.41) is 14.3. The van der Waals surface area contributed by atoms with Crippen LogP contribution < -0.4 is 14.8 Å². The lowest BCUT2D eigenvalue weighted by molar-refractivity contribution is -0.114. The van der Waals surface area contributed by atoms with E-state index in [2.05, 4.69) is 36.8 Å². The van der Waals surface area contributed by atoms with E-state index in [1.165, 1.54) is 11.1 Å². The van der Waals surface area contributed by atoms with Crippen LogP contribution in [0.1, 0.15) is 50.2 Å². The van der Waals surface area contributed by atoms with Crippen molar-refractivity contribution in [2.45, 2.75) is 75.1 Å². The minimum Gasteiger partial charge on any atom is -0.504 e. The number of hydrogen-bond acceptors (Lipinski definition) is 6. The Bertz CT molecular complexity index is 888. The maximum Gasteiger partial charge on any atom is 0.202 e. The maximum absolute atomic E-state index is 12.1. The highest BCUT2D eigenvalue weighted by Gasteiger charge is 2.66. The number of carbonyl (C=O) groups excluding carboxylic acids is 1. The van der Waals surface area contributed by atoms with Gasteiger partial charge in [0, 0.05) is 34.7 Å². The molecule has 1 spiro atoms. The Labute approximate surface area is 208 Å². The van der Waals surface area contributed by atoms with Crippen molar-refractivity contribution in [1.82, 2.24) is 10.2 Å². The molecule has 32 heavy (non-hydrogen) atoms. The summed E-state index contributed by atoms with van der Waals surface area (Å²) in [6.45, 7) is 3.09. The standard InChI is InChI=1S/C23H32N2O4S.2ClH/c1-4-5-15(22(27)30)24-14-7-6-13-16-10-12-18(28-3)11-17(26)20-19(12)23(13,21(14)29-20)8-9-25(16)2;;/h11,13-16,21,24,26H,4-10H2,1-3H3,(H,27,30);2*1H/t13-,14-,15-,16+,21-,23-;;/m0../s1. The minimum absolute atomic E-state index is 0. The molecule has 2 aliphatic heterocycles. The van der Waals surface area contributed by atoms with Gasteiger partial charge in [-0.25, -0.2) is 0 Å². The lowest BCUT2D eigenvalue weighted by Crippen LogP contribution is -2.68. The summed E-state index contributed by atoms with van der Waals surface area (Å²) in [6.07, 6.45) is 5.57. The summed E-state index contributed by atoms with van der Waals surface area (Å²) in [6, 6.07) is 1.94. The summed E-state index contributed by atoms with van der Waals surface area (Å²) in [5.74, 6) is 2.05. The number of phenolic OH excluding ortho intramolecular Hbond substituents is 1. The number of methoxy groups -OCH3 is 1. The molecule has 0 radical (unpaired) electrons. The van der Waals surface area contributed by atoms with Crippen LogP contribution in [0.25, 0.3) is 0 Å². The van der Waals surface area contributed by atoms with E-state index in [0.29, 0.717) is 17.7 Å². The molecule has 4 aliphatic rings. The maximum atomic E-state index is 12.1. The minimum atomic E-state index is -0.267. The van der Waals surface area contributed by atoms with E-state index in [4.69, 9.17) is 9.47 Å². The average molecular weight is 506 g/mol. The molecular formula is C23H34Cl2N2O4S. The number of phenols is 1. The van der Waals surface area contributed by atoms with E-state index in [1.54, 1.807) is 13.2 Å². The largest absolute Gasteiger partial charge is 0.504 e. The second-order valence-corrected chi connectivity index (χ2v) is 9.94. The topological polar surface area (TPSA) is 71.0 Å². The summed E-state index contributed by atoms with van der Waals surface area (Å²) in [5.41, 5.74) is 2.23. The Morgan fingerprint density at radius 3 is 2.84 bits per heavy atom. The number of thiol groups is 1. The van der Waals surface area contributed by atoms with Crippen LogP contribution in [0, 0.1) is 5.92 Å². The van der Waals surface area contributed by atoms with Gasteiger partial charge in [0.25, 0.3) is 0 Å². The first-order chi connectivity index (χ1) is 14.4. The van der Waals surface area contributed by atoms with Gasteiger partial charge in [-0.1, -0.05) is 13.3 Å². The van der Waals surface area contributed by atoms with Crippen LogP contribution in [-0.2, 0) is 16.6 Å². The molecule has 2 heterocycles. The second kappa shape index (κ2) is 9.41. The Morgan fingerprint density at radius 2 is 2.19 bits per heavy atom. The smallest absolute Gasteiger partial charge is 0.202 e. The van der Waals surface area contributed by atoms with Gasteiger partial charge in [-0.15, -0.1) is 37.4 Å². The van der Waals surface area contributed by atoms with Crippen LogP contribution >= 0.6 is 37.4 Å². The number of piperidine rings is 1. The third-order valence-corrected chi connectivity index (χ3v) is 8.50. The first kappa shape index (κ1) is 25.8. The quantitative estimate of drug-likeness (QED) is 0.515. The molecule has 2 aliphatic carbocycles. The molecule has 2 bridgehead atoms. The van der Waals surface area contributed by atoms with Crippen molar-refractivity contribution >= 4 is 42.6 Å². The Morgan fingerprint density at radius 1 is 1.44 bits per heavy atom. The molecule has 6 nitrogen and oxygen atoms in total. The number of hydrogen-bond donors (Lipinski definition) is 3. The molecule has 0 unspecified atom stereocenters. The lowest BCUT2D eigenvalue weighted by Gasteiger charge is -2.59. The van der Waals surface area contributed by atoms with E-state index in [9.17, 15) is 9.90 Å². The molecule has 5 rings (SSSR count). The molecule has 180 valence electrons. The van der Waals surface area contributed by atoms with Gasteiger partial charge in [0.05, 0.1) is 13.2 Å². The molecule has 0 aromatic heterocycles. The van der Waals surface area contributed by atoms with Crippen LogP contribution in [0.5, 0.6) is 17.2 Å². The van der Waals surface area contributed by atoms with Gasteiger partial charge in [-0.3, -0.25) is 4.79 Å². The van der Waals surface area contributed by atoms with E-state index in [1.807, 2.05) is 0 Å². The predicted molar refractivity (Wildman–Crippen MR) is 132 cm³/mol. The van der Waals surface area contributed by atoms with Crippen molar-refractivity contribution in [3.8, 4) is 17.2 Å². The normalized spacial score (nSPS) is 32.6. The first-order valence-corrected chi connectivity index (χ1v) is 11.7. The van der Waals surface area contributed by atoms with E-state index in [0.717, 1.165) is 50.8 Å². The number of aromatic hydroxyl groups is 1. The van der Waals surface area contributed by atoms with Crippen LogP contribution in [0.4, 0.5) is 0 Å². The fraction of sp³-hybridized carbons (Fsp3) is 0.696. The Hall–Kier alpha value is -0.860. The molecule has 1 aromatic rings. The fourth-order valence-electron chi connectivity index (χ4n) is 6.97. The highest BCUT2D eigenvalue weighted by atomic mass is 35.5. The van der Waals surface area contributed by atoms with Crippen molar-refractivity contribution in [2.75, 3.05) is 20.7 Å². The van der Waals surface area contributed by atoms with Crippen molar-refractivity contribution in [2.24, 2.45) is 5.92 Å². The van der Waals surface area contributed by atoms with E-state index >= 15 is 0 Å². The molecular weight excluding hydrogens is 471 g/mol. The fourth-order valence-corrected chi connectivity index (χ4v) is 7.17. The molecule has 2 N–H and O–H groups in total. The zero-order valence-electron chi connectivity index (χ0n) is 18.8. The number of carbonyl (C=O) groups is 1. The molecule has 1 saturated carbocycles. The third-order valence-electron chi connectivity index (χ3n) is 8.19. The van der Waals surface area contributed by atoms with Gasteiger partial charge in [-0.2, -0.15) is 0 Å². The van der Waals surface area contributed by atoms with Gasteiger partial charge in [0.2, 0.25) is 5.12 Å². The Kier molecular flexibility index (Phi) is 7.58. The van der Waals surface area contributed by atoms with E-state index in [-0.39, 0.29) is 59.3 Å². The second-order valence-electron chi connectivity index (χ2n) is 9.50. The molecule has 2 fully saturated rings. The number of likely N-dealkylation sites (N-methyl/N-ethyl adjacent to an activating group) is 1. The number of nitrogens with one attached hydrogen (secondary N) is 1. The number of benzene rings is 1. The highest BCUT2D eigenvalue weighted by Crippen LogP contribution is 2.65. The molecule has 0 amide bonds. The number of nitrogens with zero attached hydrogens (tertiary/aromatic N) is 1. The molecule has 9 heteroatoms. The van der Waals surface area contributed by atoms with Gasteiger partial charge in [0.1, 0.15) is 11.9 Å². The number of ether oxygens (including phenoxy) is 2. The molecule has 6 atom stereocenters. The van der Waals surface area contributed by atoms with Crippen LogP contribution in [-0.4, -0.2) is 60.1 Å². The highest BCUT2D eigenvalue weighted by molar-refractivity contribution is 7.96. The number of halogens is 2. The van der Waals surface area contributed by atoms with Crippen molar-refractivity contribution in [3.05, 3.63) is 17.2 Å². The van der Waals surface area contributed by atoms with Gasteiger partial charge >= 0.3 is 0 Å². The zero-order chi connectivity index (χ0) is 21.2. The zero-order valence-corrected chi connectivity index (χ0v) is 21.3. The number of likely N-dealkylation sites (tertiary alicyclic amines) is 1. The number of rotatable bonds is 6. The summed E-state index contributed by atoms with van der Waals surface area (Å²) < 4.78 is 12.3. The predicted octanol–water partition coefficient (Wildman–Crippen LogP) is 3.50. The average Bonchev–Trinajstić information content (AvgIpc) is 3.07. The third kappa shape index (κ3) is 3.50. The Balaban J connectivity index is 0.00000144. The lowest BCUT2D eigenvalue weighted by atomic mass is 9.51. The summed E-state index contributed by atoms with van der Waals surface area (Å²) in [4.78, 5) is 14.6. The van der Waals surface area contributed by atoms with Crippen molar-refractivity contribution in [3.63, 3.8) is 0 Å². The molecule has 1 saturated heterocycles. The SMILES string of the molecule is CCC[C@H](N[C@H]1CC[C@H]2[C@H]3Cc4c(OC)cc(O)c5c4[C@@]2(CCN3C)[C@H]1O5)C(=O)S.Cl.Cl. The van der Waals surface area contributed by atoms with Gasteiger partial charge in [-0.05, 0) is 51.6 Å². The van der Waals surface area contributed by atoms with Crippen LogP contribution in [0.15, 0.2) is 6.07 Å².